The van der Waals surface area contributed by atoms with Gasteiger partial charge in [0.15, 0.2) is 0 Å². The number of hydrogen-bond acceptors (Lipinski definition) is 8. The summed E-state index contributed by atoms with van der Waals surface area (Å²) in [5.74, 6) is 3.34. The molecule has 2 atom stereocenters. The number of carbonyl (C=O) groups is 2. The molecule has 8 rings (SSSR count). The van der Waals surface area contributed by atoms with Gasteiger partial charge in [0.05, 0.1) is 47.7 Å². The first kappa shape index (κ1) is 32.3. The molecule has 4 N–H and O–H groups in total. The van der Waals surface area contributed by atoms with Crippen LogP contribution in [0, 0.1) is 11.8 Å². The molecule has 50 heavy (non-hydrogen) atoms. The van der Waals surface area contributed by atoms with Crippen LogP contribution < -0.4 is 20.3 Å². The number of nitrogens with zero attached hydrogens (tertiary/aromatic N) is 4. The normalized spacial score (nSPS) is 17.3. The van der Waals surface area contributed by atoms with Crippen LogP contribution in [0.15, 0.2) is 95.1 Å². The molecule has 0 bridgehead atoms. The smallest absolute Gasteiger partial charge is 0.240 e. The number of rotatable bonds is 6. The quantitative estimate of drug-likeness (QED) is 0.166. The van der Waals surface area contributed by atoms with Crippen molar-refractivity contribution in [3.8, 4) is 34.3 Å². The molecule has 4 aromatic carbocycles. The zero-order chi connectivity index (χ0) is 34.8. The van der Waals surface area contributed by atoms with Gasteiger partial charge in [-0.15, -0.1) is 0 Å². The minimum atomic E-state index is -0.0411. The highest BCUT2D eigenvalue weighted by atomic mass is 16.5. The lowest BCUT2D eigenvalue weighted by molar-refractivity contribution is -0.122. The fourth-order valence-corrected chi connectivity index (χ4v) is 6.11. The van der Waals surface area contributed by atoms with E-state index in [1.807, 2.05) is 98.8 Å². The minimum Gasteiger partial charge on any atom is -0.497 e. The lowest BCUT2D eigenvalue weighted by Gasteiger charge is -2.19. The molecule has 4 heterocycles. The Hall–Kier alpha value is -6.30. The predicted octanol–water partition coefficient (Wildman–Crippen LogP) is 6.20. The Morgan fingerprint density at radius 2 is 0.940 bits per heavy atom. The number of imidazole rings is 2. The van der Waals surface area contributed by atoms with Crippen LogP contribution in [0.25, 0.3) is 44.8 Å². The molecule has 2 aliphatic heterocycles. The zero-order valence-electron chi connectivity index (χ0n) is 28.1. The van der Waals surface area contributed by atoms with E-state index in [4.69, 9.17) is 9.47 Å². The lowest BCUT2D eigenvalue weighted by Crippen LogP contribution is -2.31. The van der Waals surface area contributed by atoms with E-state index in [0.29, 0.717) is 12.8 Å². The van der Waals surface area contributed by atoms with Gasteiger partial charge in [-0.25, -0.2) is 20.8 Å². The average molecular weight is 669 g/mol. The van der Waals surface area contributed by atoms with Crippen molar-refractivity contribution in [3.63, 3.8) is 0 Å². The fraction of sp³-hybridized carbons (Fsp3) is 0.211. The summed E-state index contributed by atoms with van der Waals surface area (Å²) in [6, 6.07) is 27.5. The Bertz CT molecular complexity index is 2110. The molecule has 12 nitrogen and oxygen atoms in total. The van der Waals surface area contributed by atoms with E-state index in [1.54, 1.807) is 14.2 Å². The van der Waals surface area contributed by atoms with Crippen molar-refractivity contribution in [1.82, 2.24) is 30.8 Å². The Kier molecular flexibility index (Phi) is 8.82. The van der Waals surface area contributed by atoms with Crippen LogP contribution in [0.5, 0.6) is 11.5 Å². The van der Waals surface area contributed by atoms with E-state index >= 15 is 0 Å². The van der Waals surface area contributed by atoms with Crippen molar-refractivity contribution in [2.24, 2.45) is 22.0 Å². The Morgan fingerprint density at radius 3 is 1.30 bits per heavy atom. The maximum atomic E-state index is 11.4. The van der Waals surface area contributed by atoms with Gasteiger partial charge < -0.3 is 19.4 Å². The maximum Gasteiger partial charge on any atom is 0.240 e. The third kappa shape index (κ3) is 6.68. The molecular formula is C38H36N8O4. The van der Waals surface area contributed by atoms with Crippen molar-refractivity contribution in [3.05, 3.63) is 96.1 Å². The van der Waals surface area contributed by atoms with Gasteiger partial charge in [-0.05, 0) is 72.8 Å². The Morgan fingerprint density at radius 1 is 0.560 bits per heavy atom. The monoisotopic (exact) mass is 668 g/mol. The van der Waals surface area contributed by atoms with E-state index < -0.39 is 0 Å². The first-order chi connectivity index (χ1) is 24.3. The van der Waals surface area contributed by atoms with Gasteiger partial charge >= 0.3 is 0 Å². The van der Waals surface area contributed by atoms with E-state index in [0.717, 1.165) is 78.9 Å². The number of aromatic nitrogens is 4. The van der Waals surface area contributed by atoms with Gasteiger partial charge in [0.2, 0.25) is 11.8 Å². The summed E-state index contributed by atoms with van der Waals surface area (Å²) >= 11 is 0. The fourth-order valence-electron chi connectivity index (χ4n) is 6.11. The molecule has 0 fully saturated rings. The van der Waals surface area contributed by atoms with Gasteiger partial charge in [0.1, 0.15) is 23.1 Å². The summed E-state index contributed by atoms with van der Waals surface area (Å²) in [7, 11) is 3.30. The highest BCUT2D eigenvalue weighted by Gasteiger charge is 2.23. The molecule has 0 spiro atoms. The Labute approximate surface area is 288 Å². The molecule has 252 valence electrons. The van der Waals surface area contributed by atoms with Gasteiger partial charge in [0.25, 0.3) is 0 Å². The van der Waals surface area contributed by atoms with Crippen molar-refractivity contribution in [2.75, 3.05) is 14.2 Å². The van der Waals surface area contributed by atoms with Crippen LogP contribution in [-0.4, -0.2) is 57.4 Å². The van der Waals surface area contributed by atoms with Crippen LogP contribution in [0.1, 0.15) is 37.8 Å². The predicted molar refractivity (Wildman–Crippen MR) is 193 cm³/mol. The summed E-state index contributed by atoms with van der Waals surface area (Å²) in [6.07, 6.45) is 0.911. The van der Waals surface area contributed by atoms with Crippen molar-refractivity contribution >= 4 is 45.3 Å². The number of amides is 2. The summed E-state index contributed by atoms with van der Waals surface area (Å²) in [5, 5.41) is 8.44. The molecule has 12 heteroatoms. The van der Waals surface area contributed by atoms with Crippen molar-refractivity contribution < 1.29 is 19.1 Å². The van der Waals surface area contributed by atoms with Gasteiger partial charge in [-0.3, -0.25) is 9.59 Å². The minimum absolute atomic E-state index is 0.0411. The number of aromatic amines is 2. The van der Waals surface area contributed by atoms with Gasteiger partial charge in [-0.2, -0.15) is 10.2 Å². The third-order valence-corrected chi connectivity index (χ3v) is 8.80. The highest BCUT2D eigenvalue weighted by Crippen LogP contribution is 2.27. The van der Waals surface area contributed by atoms with E-state index in [-0.39, 0.29) is 23.7 Å². The van der Waals surface area contributed by atoms with Crippen LogP contribution in [0.2, 0.25) is 0 Å². The standard InChI is InChI=1S/2C19H18N4O2/c2*1-11-9-17(24)22-23-18(11)13-5-8-15-16(10-13)21-19(20-15)12-3-6-14(25-2)7-4-12/h2*3-8,10-11H,9H2,1-2H3,(H,20,21)(H,22,24). The summed E-state index contributed by atoms with van der Waals surface area (Å²) in [6.45, 7) is 4.02. The third-order valence-electron chi connectivity index (χ3n) is 8.80. The van der Waals surface area contributed by atoms with Crippen molar-refractivity contribution in [2.45, 2.75) is 26.7 Å². The average Bonchev–Trinajstić information content (AvgIpc) is 3.76. The van der Waals surface area contributed by atoms with E-state index in [2.05, 4.69) is 41.0 Å². The first-order valence-corrected chi connectivity index (χ1v) is 16.3. The summed E-state index contributed by atoms with van der Waals surface area (Å²) in [5.41, 5.74) is 14.5. The number of benzene rings is 4. The molecule has 0 saturated carbocycles. The number of hydrazone groups is 2. The number of ether oxygens (including phenoxy) is 2. The summed E-state index contributed by atoms with van der Waals surface area (Å²) < 4.78 is 10.4. The molecule has 2 amide bonds. The zero-order valence-corrected chi connectivity index (χ0v) is 28.1. The molecule has 0 saturated heterocycles. The van der Waals surface area contributed by atoms with Crippen LogP contribution >= 0.6 is 0 Å². The Balaban J connectivity index is 0.000000157. The number of fused-ring (bicyclic) bond motifs is 2. The number of methoxy groups -OCH3 is 2. The summed E-state index contributed by atoms with van der Waals surface area (Å²) in [4.78, 5) is 38.9. The first-order valence-electron chi connectivity index (χ1n) is 16.3. The largest absolute Gasteiger partial charge is 0.497 e. The molecule has 6 aromatic rings. The molecule has 2 aromatic heterocycles. The highest BCUT2D eigenvalue weighted by molar-refractivity contribution is 6.08. The van der Waals surface area contributed by atoms with E-state index in [9.17, 15) is 9.59 Å². The second-order valence-corrected chi connectivity index (χ2v) is 12.4. The van der Waals surface area contributed by atoms with Crippen LogP contribution in [-0.2, 0) is 9.59 Å². The van der Waals surface area contributed by atoms with Gasteiger partial charge in [-0.1, -0.05) is 26.0 Å². The number of nitrogens with one attached hydrogen (secondary N) is 4. The van der Waals surface area contributed by atoms with Gasteiger partial charge in [0, 0.05) is 46.9 Å². The molecule has 2 aliphatic rings. The topological polar surface area (TPSA) is 159 Å². The molecule has 0 radical (unpaired) electrons. The SMILES string of the molecule is COc1ccc(-c2nc3ccc(C4=NNC(=O)CC4C)cc3[nH]2)cc1.COc1ccc(-c2nc3ccc(C4=NNC(=O)CC4C)cc3[nH]2)cc1. The molecular weight excluding hydrogens is 632 g/mol. The number of carbonyl (C=O) groups excluding carboxylic acids is 2. The van der Waals surface area contributed by atoms with Crippen molar-refractivity contribution in [1.29, 1.82) is 0 Å². The second kappa shape index (κ2) is 13.7. The second-order valence-electron chi connectivity index (χ2n) is 12.4. The van der Waals surface area contributed by atoms with E-state index in [1.165, 1.54) is 0 Å². The van der Waals surface area contributed by atoms with Crippen LogP contribution in [0.4, 0.5) is 0 Å². The number of H-pyrrole nitrogens is 2. The maximum absolute atomic E-state index is 11.4. The molecule has 2 unspecified atom stereocenters. The molecule has 0 aliphatic carbocycles. The van der Waals surface area contributed by atoms with Crippen LogP contribution in [0.3, 0.4) is 0 Å². The lowest BCUT2D eigenvalue weighted by atomic mass is 9.94. The number of hydrogen-bond donors (Lipinski definition) is 4.